The third-order valence-electron chi connectivity index (χ3n) is 4.59. The van der Waals surface area contributed by atoms with Crippen LogP contribution in [0.25, 0.3) is 0 Å². The van der Waals surface area contributed by atoms with Gasteiger partial charge in [-0.25, -0.2) is 8.42 Å². The van der Waals surface area contributed by atoms with Crippen molar-refractivity contribution in [3.63, 3.8) is 0 Å². The van der Waals surface area contributed by atoms with Gasteiger partial charge in [0.1, 0.15) is 5.84 Å². The van der Waals surface area contributed by atoms with E-state index >= 15 is 0 Å². The maximum Gasteiger partial charge on any atom is 0.263 e. The molecule has 2 aromatic rings. The zero-order valence-corrected chi connectivity index (χ0v) is 16.6. The number of fused-ring (bicyclic) bond motifs is 1. The minimum Gasteiger partial charge on any atom is -0.339 e. The summed E-state index contributed by atoms with van der Waals surface area (Å²) in [5.74, 6) is 0.211. The molecule has 27 heavy (non-hydrogen) atoms. The molecule has 142 valence electrons. The summed E-state index contributed by atoms with van der Waals surface area (Å²) in [5, 5.41) is 0.648. The lowest BCUT2D eigenvalue weighted by Crippen LogP contribution is -2.30. The van der Waals surface area contributed by atoms with Gasteiger partial charge in [-0.2, -0.15) is 0 Å². The van der Waals surface area contributed by atoms with Crippen LogP contribution in [0.4, 0.5) is 0 Å². The standard InChI is InChI=1S/C19H20ClN3O3S/c1-13(14-7-9-15(20)10-8-14)23(2)18(24)11-12-21-19-16-5-3-4-6-17(16)27(25,26)22-19/h3-10,13H,11-12H2,1-2H3,(H,21,22)/t13-/m0/s1. The first-order valence-corrected chi connectivity index (χ1v) is 10.3. The van der Waals surface area contributed by atoms with Crippen molar-refractivity contribution in [2.75, 3.05) is 13.6 Å². The average Bonchev–Trinajstić information content (AvgIpc) is 2.92. The minimum absolute atomic E-state index is 0.0732. The number of nitrogens with zero attached hydrogens (tertiary/aromatic N) is 2. The Bertz CT molecular complexity index is 988. The van der Waals surface area contributed by atoms with Crippen LogP contribution in [0.15, 0.2) is 58.4 Å². The molecule has 1 heterocycles. The van der Waals surface area contributed by atoms with Gasteiger partial charge in [-0.05, 0) is 36.8 Å². The van der Waals surface area contributed by atoms with Crippen LogP contribution < -0.4 is 4.72 Å². The lowest BCUT2D eigenvalue weighted by Gasteiger charge is -2.25. The number of carbonyl (C=O) groups is 1. The largest absolute Gasteiger partial charge is 0.339 e. The molecule has 2 aromatic carbocycles. The number of carbonyl (C=O) groups excluding carboxylic acids is 1. The Kier molecular flexibility index (Phi) is 5.53. The highest BCUT2D eigenvalue weighted by Gasteiger charge is 2.30. The first-order valence-electron chi connectivity index (χ1n) is 8.47. The van der Waals surface area contributed by atoms with E-state index in [0.29, 0.717) is 10.6 Å². The zero-order valence-electron chi connectivity index (χ0n) is 15.0. The Morgan fingerprint density at radius 2 is 1.85 bits per heavy atom. The number of sulfonamides is 1. The first kappa shape index (κ1) is 19.4. The summed E-state index contributed by atoms with van der Waals surface area (Å²) in [6, 6.07) is 13.9. The fourth-order valence-electron chi connectivity index (χ4n) is 2.87. The van der Waals surface area contributed by atoms with Gasteiger partial charge in [-0.15, -0.1) is 0 Å². The quantitative estimate of drug-likeness (QED) is 0.830. The van der Waals surface area contributed by atoms with Crippen molar-refractivity contribution in [1.29, 1.82) is 0 Å². The van der Waals surface area contributed by atoms with Crippen molar-refractivity contribution < 1.29 is 13.2 Å². The molecule has 0 aliphatic carbocycles. The Morgan fingerprint density at radius 1 is 1.19 bits per heavy atom. The van der Waals surface area contributed by atoms with E-state index in [2.05, 4.69) is 9.71 Å². The third kappa shape index (κ3) is 4.14. The number of benzene rings is 2. The van der Waals surface area contributed by atoms with Crippen molar-refractivity contribution in [3.8, 4) is 0 Å². The Hall–Kier alpha value is -2.38. The van der Waals surface area contributed by atoms with Crippen LogP contribution in [-0.2, 0) is 14.8 Å². The number of hydrogen-bond acceptors (Lipinski definition) is 4. The van der Waals surface area contributed by atoms with Gasteiger partial charge < -0.3 is 4.90 Å². The second-order valence-electron chi connectivity index (χ2n) is 6.31. The highest BCUT2D eigenvalue weighted by molar-refractivity contribution is 7.90. The molecule has 0 saturated heterocycles. The molecule has 0 unspecified atom stereocenters. The Labute approximate surface area is 163 Å². The van der Waals surface area contributed by atoms with Crippen molar-refractivity contribution >= 4 is 33.4 Å². The van der Waals surface area contributed by atoms with Crippen LogP contribution in [0.1, 0.15) is 30.5 Å². The van der Waals surface area contributed by atoms with E-state index in [1.807, 2.05) is 19.1 Å². The monoisotopic (exact) mass is 405 g/mol. The van der Waals surface area contributed by atoms with Crippen molar-refractivity contribution in [2.45, 2.75) is 24.3 Å². The highest BCUT2D eigenvalue weighted by Crippen LogP contribution is 2.23. The number of hydrogen-bond donors (Lipinski definition) is 1. The van der Waals surface area contributed by atoms with Gasteiger partial charge in [0, 0.05) is 24.1 Å². The summed E-state index contributed by atoms with van der Waals surface area (Å²) in [5.41, 5.74) is 1.52. The molecule has 0 bridgehead atoms. The maximum atomic E-state index is 12.5. The predicted molar refractivity (Wildman–Crippen MR) is 105 cm³/mol. The lowest BCUT2D eigenvalue weighted by molar-refractivity contribution is -0.131. The van der Waals surface area contributed by atoms with Gasteiger partial charge in [0.2, 0.25) is 5.91 Å². The van der Waals surface area contributed by atoms with Crippen molar-refractivity contribution in [1.82, 2.24) is 9.62 Å². The molecule has 8 heteroatoms. The number of rotatable bonds is 5. The second-order valence-corrected chi connectivity index (χ2v) is 8.40. The van der Waals surface area contributed by atoms with Crippen molar-refractivity contribution in [2.24, 2.45) is 4.99 Å². The summed E-state index contributed by atoms with van der Waals surface area (Å²) in [4.78, 5) is 18.6. The topological polar surface area (TPSA) is 78.8 Å². The van der Waals surface area contributed by atoms with E-state index in [-0.39, 0.29) is 35.6 Å². The van der Waals surface area contributed by atoms with Gasteiger partial charge in [-0.3, -0.25) is 14.5 Å². The van der Waals surface area contributed by atoms with Gasteiger partial charge in [0.15, 0.2) is 0 Å². The number of aliphatic imine (C=N–C) groups is 1. The van der Waals surface area contributed by atoms with E-state index in [9.17, 15) is 13.2 Å². The van der Waals surface area contributed by atoms with Gasteiger partial charge in [0.05, 0.1) is 17.5 Å². The summed E-state index contributed by atoms with van der Waals surface area (Å²) in [6.07, 6.45) is 0.182. The predicted octanol–water partition coefficient (Wildman–Crippen LogP) is 2.99. The van der Waals surface area contributed by atoms with Crippen LogP contribution in [-0.4, -0.2) is 38.7 Å². The third-order valence-corrected chi connectivity index (χ3v) is 6.23. The Morgan fingerprint density at radius 3 is 2.56 bits per heavy atom. The number of amidine groups is 1. The van der Waals surface area contributed by atoms with Crippen LogP contribution >= 0.6 is 11.6 Å². The second kappa shape index (κ2) is 7.70. The molecule has 1 amide bonds. The summed E-state index contributed by atoms with van der Waals surface area (Å²) in [6.45, 7) is 2.14. The van der Waals surface area contributed by atoms with Crippen LogP contribution in [0.5, 0.6) is 0 Å². The fourth-order valence-corrected chi connectivity index (χ4v) is 4.25. The molecule has 0 saturated carbocycles. The van der Waals surface area contributed by atoms with E-state index < -0.39 is 10.0 Å². The molecule has 1 aliphatic heterocycles. The summed E-state index contributed by atoms with van der Waals surface area (Å²) in [7, 11) is -1.82. The average molecular weight is 406 g/mol. The lowest BCUT2D eigenvalue weighted by atomic mass is 10.1. The first-order chi connectivity index (χ1) is 12.8. The van der Waals surface area contributed by atoms with E-state index in [1.165, 1.54) is 6.07 Å². The number of halogens is 1. The molecular formula is C19H20ClN3O3S. The van der Waals surface area contributed by atoms with E-state index in [4.69, 9.17) is 11.6 Å². The van der Waals surface area contributed by atoms with Gasteiger partial charge >= 0.3 is 0 Å². The normalized spacial score (nSPS) is 17.2. The van der Waals surface area contributed by atoms with Gasteiger partial charge in [0.25, 0.3) is 10.0 Å². The molecular weight excluding hydrogens is 386 g/mol. The molecule has 0 spiro atoms. The van der Waals surface area contributed by atoms with E-state index in [1.54, 1.807) is 42.3 Å². The summed E-state index contributed by atoms with van der Waals surface area (Å²) >= 11 is 5.90. The summed E-state index contributed by atoms with van der Waals surface area (Å²) < 4.78 is 26.6. The van der Waals surface area contributed by atoms with Gasteiger partial charge in [-0.1, -0.05) is 35.9 Å². The zero-order chi connectivity index (χ0) is 19.6. The molecule has 6 nitrogen and oxygen atoms in total. The Balaban J connectivity index is 1.64. The maximum absolute atomic E-state index is 12.5. The molecule has 1 aliphatic rings. The molecule has 0 fully saturated rings. The molecule has 3 rings (SSSR count). The van der Waals surface area contributed by atoms with Crippen LogP contribution in [0.2, 0.25) is 5.02 Å². The van der Waals surface area contributed by atoms with Crippen LogP contribution in [0, 0.1) is 0 Å². The van der Waals surface area contributed by atoms with E-state index in [0.717, 1.165) is 5.56 Å². The molecule has 0 aromatic heterocycles. The van der Waals surface area contributed by atoms with Crippen LogP contribution in [0.3, 0.4) is 0 Å². The smallest absolute Gasteiger partial charge is 0.263 e. The fraction of sp³-hybridized carbons (Fsp3) is 0.263. The van der Waals surface area contributed by atoms with Crippen molar-refractivity contribution in [3.05, 3.63) is 64.7 Å². The SMILES string of the molecule is C[C@@H](c1ccc(Cl)cc1)N(C)C(=O)CCN=C1NS(=O)(=O)c2ccccc21. The minimum atomic E-state index is -3.56. The highest BCUT2D eigenvalue weighted by atomic mass is 35.5. The number of amides is 1. The number of nitrogens with one attached hydrogen (secondary N) is 1. The molecule has 1 atom stereocenters. The molecule has 1 N–H and O–H groups in total. The molecule has 0 radical (unpaired) electrons.